The molecule has 0 aliphatic carbocycles. The highest BCUT2D eigenvalue weighted by atomic mass is 16.2. The van der Waals surface area contributed by atoms with Crippen LogP contribution in [0, 0.1) is 6.92 Å². The molecule has 1 fully saturated rings. The molecule has 2 aliphatic rings. The first kappa shape index (κ1) is 22.2. The fourth-order valence-corrected chi connectivity index (χ4v) is 4.74. The van der Waals surface area contributed by atoms with Crippen LogP contribution in [-0.4, -0.2) is 58.3 Å². The molecule has 2 aromatic rings. The molecule has 32 heavy (non-hydrogen) atoms. The Morgan fingerprint density at radius 3 is 2.47 bits per heavy atom. The van der Waals surface area contributed by atoms with Crippen LogP contribution in [0.2, 0.25) is 0 Å². The van der Waals surface area contributed by atoms with Crippen LogP contribution in [0.25, 0.3) is 0 Å². The molecule has 170 valence electrons. The number of amides is 2. The number of nitrogens with one attached hydrogen (secondary N) is 1. The third kappa shape index (κ3) is 4.08. The van der Waals surface area contributed by atoms with E-state index in [1.165, 1.54) is 5.56 Å². The van der Waals surface area contributed by atoms with E-state index in [2.05, 4.69) is 36.5 Å². The Labute approximate surface area is 190 Å². The standard InChI is InChI=1S/C25H33N5O2/c1-16-6-8-19(9-7-16)25(3,4)24(32)30-12-10-18(14-30)22-27-21-11-13-29(17(2)31)15-20(21)23(26-5)28-22/h6-9,18H,10-15H2,1-5H3,(H,26,27,28)/t18-/m1/s1. The van der Waals surface area contributed by atoms with Gasteiger partial charge in [-0.1, -0.05) is 29.8 Å². The fraction of sp³-hybridized carbons (Fsp3) is 0.520. The normalized spacial score (nSPS) is 18.5. The fourth-order valence-electron chi connectivity index (χ4n) is 4.74. The SMILES string of the molecule is CNc1nc([C@@H]2CCN(C(=O)C(C)(C)c3ccc(C)cc3)C2)nc2c1CN(C(C)=O)CC2. The number of aromatic nitrogens is 2. The summed E-state index contributed by atoms with van der Waals surface area (Å²) in [5.74, 6) is 1.93. The van der Waals surface area contributed by atoms with Crippen molar-refractivity contribution in [2.75, 3.05) is 32.0 Å². The first-order valence-corrected chi connectivity index (χ1v) is 11.4. The van der Waals surface area contributed by atoms with Crippen LogP contribution in [0.15, 0.2) is 24.3 Å². The van der Waals surface area contributed by atoms with Crippen LogP contribution >= 0.6 is 0 Å². The summed E-state index contributed by atoms with van der Waals surface area (Å²) in [7, 11) is 1.85. The highest BCUT2D eigenvalue weighted by molar-refractivity contribution is 5.87. The second kappa shape index (κ2) is 8.52. The van der Waals surface area contributed by atoms with Crippen LogP contribution in [-0.2, 0) is 28.0 Å². The molecule has 0 bridgehead atoms. The molecule has 1 N–H and O–H groups in total. The third-order valence-corrected chi connectivity index (χ3v) is 6.91. The Morgan fingerprint density at radius 2 is 1.81 bits per heavy atom. The molecule has 0 saturated carbocycles. The first-order valence-electron chi connectivity index (χ1n) is 11.4. The first-order chi connectivity index (χ1) is 15.2. The van der Waals surface area contributed by atoms with E-state index in [1.807, 2.05) is 30.7 Å². The third-order valence-electron chi connectivity index (χ3n) is 6.91. The Bertz CT molecular complexity index is 1010. The molecule has 0 radical (unpaired) electrons. The molecule has 4 rings (SSSR count). The van der Waals surface area contributed by atoms with Crippen molar-refractivity contribution in [1.82, 2.24) is 19.8 Å². The number of aryl methyl sites for hydroxylation is 1. The van der Waals surface area contributed by atoms with Crippen molar-refractivity contribution in [2.24, 2.45) is 0 Å². The molecule has 1 aromatic carbocycles. The molecule has 3 heterocycles. The van der Waals surface area contributed by atoms with Crippen molar-refractivity contribution >= 4 is 17.6 Å². The molecule has 0 unspecified atom stereocenters. The zero-order valence-electron chi connectivity index (χ0n) is 19.7. The van der Waals surface area contributed by atoms with E-state index in [4.69, 9.17) is 9.97 Å². The van der Waals surface area contributed by atoms with E-state index in [0.29, 0.717) is 26.2 Å². The van der Waals surface area contributed by atoms with Crippen LogP contribution in [0.3, 0.4) is 0 Å². The predicted octanol–water partition coefficient (Wildman–Crippen LogP) is 3.03. The van der Waals surface area contributed by atoms with E-state index < -0.39 is 5.41 Å². The average molecular weight is 436 g/mol. The van der Waals surface area contributed by atoms with E-state index in [0.717, 1.165) is 41.3 Å². The molecule has 1 saturated heterocycles. The molecule has 7 heteroatoms. The smallest absolute Gasteiger partial charge is 0.232 e. The number of carbonyl (C=O) groups excluding carboxylic acids is 2. The largest absolute Gasteiger partial charge is 0.373 e. The van der Waals surface area contributed by atoms with Gasteiger partial charge in [0.1, 0.15) is 11.6 Å². The lowest BCUT2D eigenvalue weighted by Crippen LogP contribution is -2.42. The molecule has 7 nitrogen and oxygen atoms in total. The summed E-state index contributed by atoms with van der Waals surface area (Å²) in [5, 5.41) is 3.19. The van der Waals surface area contributed by atoms with Crippen LogP contribution in [0.5, 0.6) is 0 Å². The van der Waals surface area contributed by atoms with Crippen LogP contribution < -0.4 is 5.32 Å². The number of rotatable bonds is 4. The second-order valence-electron chi connectivity index (χ2n) is 9.52. The number of carbonyl (C=O) groups is 2. The summed E-state index contributed by atoms with van der Waals surface area (Å²) < 4.78 is 0. The number of fused-ring (bicyclic) bond motifs is 1. The van der Waals surface area contributed by atoms with E-state index >= 15 is 0 Å². The molecular weight excluding hydrogens is 402 g/mol. The van der Waals surface area contributed by atoms with E-state index in [-0.39, 0.29) is 17.7 Å². The zero-order valence-corrected chi connectivity index (χ0v) is 19.7. The Kier molecular flexibility index (Phi) is 5.93. The van der Waals surface area contributed by atoms with Gasteiger partial charge in [0, 0.05) is 51.5 Å². The van der Waals surface area contributed by atoms with E-state index in [1.54, 1.807) is 6.92 Å². The van der Waals surface area contributed by atoms with Gasteiger partial charge in [-0.2, -0.15) is 0 Å². The van der Waals surface area contributed by atoms with Crippen molar-refractivity contribution in [2.45, 2.75) is 58.4 Å². The Morgan fingerprint density at radius 1 is 1.09 bits per heavy atom. The van der Waals surface area contributed by atoms with Gasteiger partial charge >= 0.3 is 0 Å². The van der Waals surface area contributed by atoms with Gasteiger partial charge in [0.15, 0.2) is 0 Å². The van der Waals surface area contributed by atoms with Gasteiger partial charge in [-0.05, 0) is 32.8 Å². The Hall–Kier alpha value is -2.96. The maximum atomic E-state index is 13.4. The number of hydrogen-bond acceptors (Lipinski definition) is 5. The summed E-state index contributed by atoms with van der Waals surface area (Å²) in [5.41, 5.74) is 3.67. The maximum Gasteiger partial charge on any atom is 0.232 e. The number of benzene rings is 1. The summed E-state index contributed by atoms with van der Waals surface area (Å²) >= 11 is 0. The minimum absolute atomic E-state index is 0.0721. The van der Waals surface area contributed by atoms with Gasteiger partial charge in [-0.3, -0.25) is 9.59 Å². The van der Waals surface area contributed by atoms with Gasteiger partial charge < -0.3 is 15.1 Å². The van der Waals surface area contributed by atoms with Crippen LogP contribution in [0.4, 0.5) is 5.82 Å². The van der Waals surface area contributed by atoms with Gasteiger partial charge in [0.05, 0.1) is 17.7 Å². The van der Waals surface area contributed by atoms with Crippen molar-refractivity contribution in [3.8, 4) is 0 Å². The van der Waals surface area contributed by atoms with Crippen molar-refractivity contribution in [1.29, 1.82) is 0 Å². The monoisotopic (exact) mass is 435 g/mol. The summed E-state index contributed by atoms with van der Waals surface area (Å²) in [6, 6.07) is 8.23. The summed E-state index contributed by atoms with van der Waals surface area (Å²) in [4.78, 5) is 38.7. The van der Waals surface area contributed by atoms with Gasteiger partial charge in [-0.25, -0.2) is 9.97 Å². The van der Waals surface area contributed by atoms with Crippen molar-refractivity contribution in [3.63, 3.8) is 0 Å². The molecular formula is C25H33N5O2. The molecule has 2 amide bonds. The van der Waals surface area contributed by atoms with Gasteiger partial charge in [0.25, 0.3) is 0 Å². The summed E-state index contributed by atoms with van der Waals surface area (Å²) in [6.45, 7) is 10.2. The van der Waals surface area contributed by atoms with Gasteiger partial charge in [-0.15, -0.1) is 0 Å². The lowest BCUT2D eigenvalue weighted by Gasteiger charge is -2.30. The number of hydrogen-bond donors (Lipinski definition) is 1. The second-order valence-corrected chi connectivity index (χ2v) is 9.52. The topological polar surface area (TPSA) is 78.4 Å². The van der Waals surface area contributed by atoms with Crippen molar-refractivity contribution < 1.29 is 9.59 Å². The Balaban J connectivity index is 1.53. The van der Waals surface area contributed by atoms with E-state index in [9.17, 15) is 9.59 Å². The average Bonchev–Trinajstić information content (AvgIpc) is 3.27. The minimum Gasteiger partial charge on any atom is -0.373 e. The lowest BCUT2D eigenvalue weighted by molar-refractivity contribution is -0.135. The van der Waals surface area contributed by atoms with Crippen LogP contribution in [0.1, 0.15) is 61.3 Å². The van der Waals surface area contributed by atoms with Crippen molar-refractivity contribution in [3.05, 3.63) is 52.5 Å². The molecule has 2 aliphatic heterocycles. The molecule has 1 aromatic heterocycles. The number of likely N-dealkylation sites (tertiary alicyclic amines) is 1. The number of nitrogens with zero attached hydrogens (tertiary/aromatic N) is 4. The van der Waals surface area contributed by atoms with Gasteiger partial charge in [0.2, 0.25) is 11.8 Å². The number of anilines is 1. The molecule has 1 atom stereocenters. The predicted molar refractivity (Wildman–Crippen MR) is 125 cm³/mol. The molecule has 0 spiro atoms. The maximum absolute atomic E-state index is 13.4. The zero-order chi connectivity index (χ0) is 23.0. The minimum atomic E-state index is -0.578. The lowest BCUT2D eigenvalue weighted by atomic mass is 9.83. The highest BCUT2D eigenvalue weighted by Gasteiger charge is 2.38. The quantitative estimate of drug-likeness (QED) is 0.799. The summed E-state index contributed by atoms with van der Waals surface area (Å²) in [6.07, 6.45) is 1.59. The highest BCUT2D eigenvalue weighted by Crippen LogP contribution is 2.33.